The lowest BCUT2D eigenvalue weighted by atomic mass is 10.1. The molecule has 0 heterocycles. The van der Waals surface area contributed by atoms with E-state index in [1.165, 1.54) is 18.7 Å². The van der Waals surface area contributed by atoms with Crippen LogP contribution in [0.5, 0.6) is 0 Å². The molecule has 0 aromatic heterocycles. The van der Waals surface area contributed by atoms with Crippen molar-refractivity contribution in [3.8, 4) is 0 Å². The number of hydrogen-bond acceptors (Lipinski definition) is 3. The van der Waals surface area contributed by atoms with Gasteiger partial charge in [-0.05, 0) is 31.9 Å². The highest BCUT2D eigenvalue weighted by Crippen LogP contribution is 2.20. The van der Waals surface area contributed by atoms with Crippen LogP contribution in [-0.2, 0) is 9.59 Å². The van der Waals surface area contributed by atoms with Crippen molar-refractivity contribution in [2.24, 2.45) is 0 Å². The molecule has 5 nitrogen and oxygen atoms in total. The number of rotatable bonds is 6. The number of carbonyl (C=O) groups is 3. The summed E-state index contributed by atoms with van der Waals surface area (Å²) in [6.45, 7) is 3.26. The van der Waals surface area contributed by atoms with E-state index in [0.29, 0.717) is 23.8 Å². The van der Waals surface area contributed by atoms with Gasteiger partial charge in [0.15, 0.2) is 5.78 Å². The molecule has 0 bridgehead atoms. The molecule has 5 heteroatoms. The van der Waals surface area contributed by atoms with Crippen molar-refractivity contribution in [1.29, 1.82) is 0 Å². The summed E-state index contributed by atoms with van der Waals surface area (Å²) in [4.78, 5) is 36.4. The van der Waals surface area contributed by atoms with Crippen molar-refractivity contribution >= 4 is 23.3 Å². The van der Waals surface area contributed by atoms with Crippen LogP contribution < -0.4 is 10.2 Å². The van der Waals surface area contributed by atoms with Crippen molar-refractivity contribution in [2.45, 2.75) is 39.2 Å². The van der Waals surface area contributed by atoms with Gasteiger partial charge in [-0.1, -0.05) is 12.1 Å². The zero-order valence-corrected chi connectivity index (χ0v) is 12.4. The molecule has 0 atom stereocenters. The van der Waals surface area contributed by atoms with Gasteiger partial charge >= 0.3 is 0 Å². The molecular formula is C16H20N2O3. The van der Waals surface area contributed by atoms with E-state index < -0.39 is 0 Å². The monoisotopic (exact) mass is 288 g/mol. The van der Waals surface area contributed by atoms with Gasteiger partial charge in [0, 0.05) is 37.2 Å². The number of hydrogen-bond donors (Lipinski definition) is 1. The minimum absolute atomic E-state index is 0.0357. The number of benzene rings is 1. The number of Topliss-reactive ketones (excluding diaryl/α,β-unsaturated/α-hetero) is 1. The summed E-state index contributed by atoms with van der Waals surface area (Å²) in [6, 6.07) is 7.23. The zero-order chi connectivity index (χ0) is 15.4. The van der Waals surface area contributed by atoms with E-state index in [1.54, 1.807) is 24.3 Å². The zero-order valence-electron chi connectivity index (χ0n) is 12.4. The van der Waals surface area contributed by atoms with Crippen molar-refractivity contribution in [3.63, 3.8) is 0 Å². The van der Waals surface area contributed by atoms with Gasteiger partial charge in [0.1, 0.15) is 0 Å². The number of carbonyl (C=O) groups excluding carboxylic acids is 3. The molecule has 0 unspecified atom stereocenters. The maximum atomic E-state index is 11.8. The Bertz CT molecular complexity index is 564. The first-order valence-corrected chi connectivity index (χ1v) is 7.16. The summed E-state index contributed by atoms with van der Waals surface area (Å²) in [5, 5.41) is 2.90. The third-order valence-corrected chi connectivity index (χ3v) is 3.45. The summed E-state index contributed by atoms with van der Waals surface area (Å²) in [5.74, 6) is -0.228. The first-order valence-electron chi connectivity index (χ1n) is 7.16. The molecule has 1 aromatic carbocycles. The minimum Gasteiger partial charge on any atom is -0.353 e. The fourth-order valence-corrected chi connectivity index (χ4v) is 2.10. The van der Waals surface area contributed by atoms with Gasteiger partial charge in [0.05, 0.1) is 0 Å². The van der Waals surface area contributed by atoms with Crippen molar-refractivity contribution in [3.05, 3.63) is 29.8 Å². The second-order valence-electron chi connectivity index (χ2n) is 5.37. The average molecular weight is 288 g/mol. The molecule has 2 amide bonds. The van der Waals surface area contributed by atoms with Crippen molar-refractivity contribution < 1.29 is 14.4 Å². The minimum atomic E-state index is -0.144. The molecule has 2 rings (SSSR count). The molecule has 21 heavy (non-hydrogen) atoms. The van der Waals surface area contributed by atoms with E-state index >= 15 is 0 Å². The smallest absolute Gasteiger partial charge is 0.223 e. The molecule has 0 spiro atoms. The highest BCUT2D eigenvalue weighted by Gasteiger charge is 2.23. The Balaban J connectivity index is 2.03. The maximum Gasteiger partial charge on any atom is 0.223 e. The van der Waals surface area contributed by atoms with Crippen molar-refractivity contribution in [1.82, 2.24) is 5.32 Å². The fraction of sp³-hybridized carbons (Fsp3) is 0.438. The molecule has 0 saturated heterocycles. The van der Waals surface area contributed by atoms with Gasteiger partial charge in [-0.15, -0.1) is 0 Å². The molecular weight excluding hydrogens is 268 g/mol. The topological polar surface area (TPSA) is 66.5 Å². The predicted molar refractivity (Wildman–Crippen MR) is 80.3 cm³/mol. The van der Waals surface area contributed by atoms with Gasteiger partial charge in [0.25, 0.3) is 0 Å². The lowest BCUT2D eigenvalue weighted by molar-refractivity contribution is -0.121. The van der Waals surface area contributed by atoms with E-state index in [1.807, 2.05) is 0 Å². The van der Waals surface area contributed by atoms with Crippen molar-refractivity contribution in [2.75, 3.05) is 11.4 Å². The van der Waals surface area contributed by atoms with Crippen LogP contribution >= 0.6 is 0 Å². The summed E-state index contributed by atoms with van der Waals surface area (Å²) in [5.41, 5.74) is 1.20. The van der Waals surface area contributed by atoms with Crippen LogP contribution in [0.2, 0.25) is 0 Å². The molecule has 0 aliphatic heterocycles. The van der Waals surface area contributed by atoms with Crippen LogP contribution in [0.4, 0.5) is 5.69 Å². The normalized spacial score (nSPS) is 13.6. The first-order chi connectivity index (χ1) is 9.97. The quantitative estimate of drug-likeness (QED) is 0.813. The Morgan fingerprint density at radius 3 is 2.52 bits per heavy atom. The second kappa shape index (κ2) is 6.52. The fourth-order valence-electron chi connectivity index (χ4n) is 2.10. The van der Waals surface area contributed by atoms with Gasteiger partial charge in [-0.3, -0.25) is 14.4 Å². The van der Waals surface area contributed by atoms with Crippen LogP contribution in [-0.4, -0.2) is 30.2 Å². The second-order valence-corrected chi connectivity index (χ2v) is 5.37. The van der Waals surface area contributed by atoms with Gasteiger partial charge in [-0.25, -0.2) is 0 Å². The van der Waals surface area contributed by atoms with E-state index in [0.717, 1.165) is 12.8 Å². The maximum absolute atomic E-state index is 11.8. The first kappa shape index (κ1) is 15.2. The van der Waals surface area contributed by atoms with Crippen LogP contribution in [0, 0.1) is 0 Å². The molecule has 1 saturated carbocycles. The third-order valence-electron chi connectivity index (χ3n) is 3.45. The Labute approximate surface area is 124 Å². The molecule has 1 aromatic rings. The molecule has 112 valence electrons. The lowest BCUT2D eigenvalue weighted by Gasteiger charge is -2.21. The Morgan fingerprint density at radius 2 is 1.95 bits per heavy atom. The summed E-state index contributed by atoms with van der Waals surface area (Å²) < 4.78 is 0. The third kappa shape index (κ3) is 4.41. The van der Waals surface area contributed by atoms with E-state index in [4.69, 9.17) is 0 Å². The van der Waals surface area contributed by atoms with E-state index in [-0.39, 0.29) is 24.0 Å². The lowest BCUT2D eigenvalue weighted by Crippen LogP contribution is -2.34. The highest BCUT2D eigenvalue weighted by molar-refractivity contribution is 5.97. The molecule has 1 aliphatic rings. The summed E-state index contributed by atoms with van der Waals surface area (Å²) in [6.07, 6.45) is 2.35. The van der Waals surface area contributed by atoms with Crippen LogP contribution in [0.3, 0.4) is 0 Å². The standard InChI is InChI=1S/C16H20N2O3/c1-11(19)13-4-3-5-15(10-13)18(12(2)20)9-8-16(21)17-14-6-7-14/h3-5,10,14H,6-9H2,1-2H3,(H,17,21). The van der Waals surface area contributed by atoms with Crippen LogP contribution in [0.15, 0.2) is 24.3 Å². The molecule has 1 N–H and O–H groups in total. The molecule has 1 fully saturated rings. The number of nitrogens with one attached hydrogen (secondary N) is 1. The Hall–Kier alpha value is -2.17. The van der Waals surface area contributed by atoms with Gasteiger partial charge < -0.3 is 10.2 Å². The molecule has 1 aliphatic carbocycles. The number of anilines is 1. The van der Waals surface area contributed by atoms with Gasteiger partial charge in [0.2, 0.25) is 11.8 Å². The average Bonchev–Trinajstić information content (AvgIpc) is 3.22. The number of nitrogens with zero attached hydrogens (tertiary/aromatic N) is 1. The number of amides is 2. The van der Waals surface area contributed by atoms with Crippen LogP contribution in [0.1, 0.15) is 43.5 Å². The SMILES string of the molecule is CC(=O)c1cccc(N(CCC(=O)NC2CC2)C(C)=O)c1. The predicted octanol–water partition coefficient (Wildman–Crippen LogP) is 1.91. The van der Waals surface area contributed by atoms with E-state index in [2.05, 4.69) is 5.32 Å². The van der Waals surface area contributed by atoms with Crippen LogP contribution in [0.25, 0.3) is 0 Å². The summed E-state index contributed by atoms with van der Waals surface area (Å²) >= 11 is 0. The largest absolute Gasteiger partial charge is 0.353 e. The molecule has 0 radical (unpaired) electrons. The van der Waals surface area contributed by atoms with Gasteiger partial charge in [-0.2, -0.15) is 0 Å². The Morgan fingerprint density at radius 1 is 1.24 bits per heavy atom. The van der Waals surface area contributed by atoms with E-state index in [9.17, 15) is 14.4 Å². The number of ketones is 1. The Kier molecular flexibility index (Phi) is 4.73. The summed E-state index contributed by atoms with van der Waals surface area (Å²) in [7, 11) is 0. The highest BCUT2D eigenvalue weighted by atomic mass is 16.2.